The van der Waals surface area contributed by atoms with Gasteiger partial charge in [0.25, 0.3) is 11.5 Å². The maximum Gasteiger partial charge on any atom is 0.345 e. The topological polar surface area (TPSA) is 92.2 Å². The molecule has 5 rings (SSSR count). The Kier molecular flexibility index (Phi) is 8.63. The van der Waals surface area contributed by atoms with E-state index < -0.39 is 6.61 Å². The monoisotopic (exact) mass is 573 g/mol. The molecule has 4 heterocycles. The smallest absolute Gasteiger partial charge is 0.345 e. The summed E-state index contributed by atoms with van der Waals surface area (Å²) in [5.41, 5.74) is 3.37. The van der Waals surface area contributed by atoms with Crippen LogP contribution in [0.1, 0.15) is 66.0 Å². The van der Waals surface area contributed by atoms with Crippen LogP contribution < -0.4 is 10.9 Å². The average molecular weight is 574 g/mol. The molecule has 40 heavy (non-hydrogen) atoms. The molecule has 1 aliphatic carbocycles. The Balaban J connectivity index is 1.30. The molecular weight excluding hydrogens is 536 g/mol. The number of hydrogen-bond donors (Lipinski definition) is 2. The highest BCUT2D eigenvalue weighted by molar-refractivity contribution is 7.98. The largest absolute Gasteiger partial charge is 0.348 e. The van der Waals surface area contributed by atoms with Crippen LogP contribution in [0.25, 0.3) is 11.0 Å². The van der Waals surface area contributed by atoms with Crippen molar-refractivity contribution in [3.8, 4) is 0 Å². The minimum absolute atomic E-state index is 0.134. The van der Waals surface area contributed by atoms with Crippen LogP contribution in [0.5, 0.6) is 0 Å². The van der Waals surface area contributed by atoms with Crippen molar-refractivity contribution in [3.63, 3.8) is 0 Å². The maximum atomic E-state index is 13.6. The molecule has 3 aromatic heterocycles. The molecule has 1 amide bonds. The summed E-state index contributed by atoms with van der Waals surface area (Å²) in [4.78, 5) is 36.8. The summed E-state index contributed by atoms with van der Waals surface area (Å²) in [6.07, 6.45) is 7.37. The zero-order valence-electron chi connectivity index (χ0n) is 23.4. The van der Waals surface area contributed by atoms with Gasteiger partial charge in [0.05, 0.1) is 11.7 Å². The molecule has 1 saturated carbocycles. The van der Waals surface area contributed by atoms with Gasteiger partial charge in [0.15, 0.2) is 0 Å². The number of likely N-dealkylation sites (tertiary alicyclic amines) is 1. The Morgan fingerprint density at radius 1 is 1.25 bits per heavy atom. The van der Waals surface area contributed by atoms with Crippen LogP contribution in [-0.2, 0) is 11.3 Å². The summed E-state index contributed by atoms with van der Waals surface area (Å²) >= 11 is 1.49. The van der Waals surface area contributed by atoms with Crippen molar-refractivity contribution in [2.24, 2.45) is 5.92 Å². The maximum absolute atomic E-state index is 13.6. The predicted molar refractivity (Wildman–Crippen MR) is 152 cm³/mol. The lowest BCUT2D eigenvalue weighted by Gasteiger charge is -2.46. The fourth-order valence-corrected chi connectivity index (χ4v) is 7.20. The number of thioether (sulfide) groups is 1. The van der Waals surface area contributed by atoms with E-state index in [1.54, 1.807) is 6.20 Å². The second kappa shape index (κ2) is 12.0. The first-order valence-electron chi connectivity index (χ1n) is 13.9. The Morgan fingerprint density at radius 3 is 2.65 bits per heavy atom. The number of halogens is 2. The van der Waals surface area contributed by atoms with Crippen molar-refractivity contribution in [1.82, 2.24) is 24.8 Å². The Labute approximate surface area is 236 Å². The Bertz CT molecular complexity index is 1430. The lowest BCUT2D eigenvalue weighted by atomic mass is 9.80. The van der Waals surface area contributed by atoms with Crippen molar-refractivity contribution in [2.75, 3.05) is 19.3 Å². The SMILES string of the molecule is CSc1cc(C)[nH]c(=O)c1CNC(=O)c1c(C)n([C@H](C)[C@H]2CC[C@@H](N3CC(OC(F)F)C3)CC2)c2ncccc12. The van der Waals surface area contributed by atoms with Crippen LogP contribution in [0.3, 0.4) is 0 Å². The fraction of sp³-hybridized carbons (Fsp3) is 0.552. The van der Waals surface area contributed by atoms with Gasteiger partial charge in [0.1, 0.15) is 5.65 Å². The second-order valence-electron chi connectivity index (χ2n) is 11.0. The molecule has 1 aliphatic heterocycles. The van der Waals surface area contributed by atoms with E-state index >= 15 is 0 Å². The first-order valence-corrected chi connectivity index (χ1v) is 15.1. The van der Waals surface area contributed by atoms with Crippen molar-refractivity contribution in [2.45, 2.75) is 82.7 Å². The van der Waals surface area contributed by atoms with Crippen LogP contribution in [0.2, 0.25) is 0 Å². The molecule has 8 nitrogen and oxygen atoms in total. The molecular formula is C29H37F2N5O3S. The number of ether oxygens (including phenoxy) is 1. The number of aromatic nitrogens is 3. The quantitative estimate of drug-likeness (QED) is 0.349. The second-order valence-corrected chi connectivity index (χ2v) is 11.8. The first-order chi connectivity index (χ1) is 19.2. The van der Waals surface area contributed by atoms with E-state index in [-0.39, 0.29) is 30.2 Å². The van der Waals surface area contributed by atoms with E-state index in [4.69, 9.17) is 0 Å². The molecule has 3 aromatic rings. The number of hydrogen-bond acceptors (Lipinski definition) is 6. The Hall–Kier alpha value is -2.76. The third kappa shape index (κ3) is 5.69. The lowest BCUT2D eigenvalue weighted by molar-refractivity contribution is -0.202. The van der Waals surface area contributed by atoms with Gasteiger partial charge in [-0.2, -0.15) is 8.78 Å². The number of fused-ring (bicyclic) bond motifs is 1. The lowest BCUT2D eigenvalue weighted by Crippen LogP contribution is -2.57. The molecule has 1 saturated heterocycles. The summed E-state index contributed by atoms with van der Waals surface area (Å²) in [7, 11) is 0. The minimum Gasteiger partial charge on any atom is -0.348 e. The van der Waals surface area contributed by atoms with Crippen LogP contribution in [0.15, 0.2) is 34.1 Å². The van der Waals surface area contributed by atoms with Gasteiger partial charge in [-0.1, -0.05) is 0 Å². The third-order valence-electron chi connectivity index (χ3n) is 8.63. The summed E-state index contributed by atoms with van der Waals surface area (Å²) in [5.74, 6) is 0.184. The molecule has 2 aliphatic rings. The summed E-state index contributed by atoms with van der Waals surface area (Å²) < 4.78 is 31.8. The number of carbonyl (C=O) groups is 1. The van der Waals surface area contributed by atoms with Gasteiger partial charge in [-0.05, 0) is 76.8 Å². The van der Waals surface area contributed by atoms with Gasteiger partial charge in [0.2, 0.25) is 0 Å². The molecule has 216 valence electrons. The number of aromatic amines is 1. The number of aryl methyl sites for hydroxylation is 1. The number of alkyl halides is 2. The van der Waals surface area contributed by atoms with Crippen molar-refractivity contribution < 1.29 is 18.3 Å². The van der Waals surface area contributed by atoms with E-state index in [2.05, 4.69) is 36.4 Å². The molecule has 0 aromatic carbocycles. The van der Waals surface area contributed by atoms with E-state index in [0.717, 1.165) is 53.0 Å². The molecule has 2 N–H and O–H groups in total. The molecule has 0 unspecified atom stereocenters. The fourth-order valence-electron chi connectivity index (χ4n) is 6.50. The molecule has 2 fully saturated rings. The summed E-state index contributed by atoms with van der Waals surface area (Å²) in [5, 5.41) is 3.78. The van der Waals surface area contributed by atoms with E-state index in [1.165, 1.54) is 11.8 Å². The van der Waals surface area contributed by atoms with Crippen molar-refractivity contribution >= 4 is 28.7 Å². The third-order valence-corrected chi connectivity index (χ3v) is 9.43. The zero-order valence-corrected chi connectivity index (χ0v) is 24.2. The normalized spacial score (nSPS) is 21.1. The van der Waals surface area contributed by atoms with Gasteiger partial charge >= 0.3 is 6.61 Å². The first kappa shape index (κ1) is 28.8. The number of rotatable bonds is 9. The van der Waals surface area contributed by atoms with Gasteiger partial charge in [-0.3, -0.25) is 14.5 Å². The van der Waals surface area contributed by atoms with Crippen LogP contribution >= 0.6 is 11.8 Å². The highest BCUT2D eigenvalue weighted by atomic mass is 32.2. The highest BCUT2D eigenvalue weighted by Crippen LogP contribution is 2.39. The Morgan fingerprint density at radius 2 is 1.98 bits per heavy atom. The number of carbonyl (C=O) groups excluding carboxylic acids is 1. The van der Waals surface area contributed by atoms with Gasteiger partial charge < -0.3 is 19.6 Å². The van der Waals surface area contributed by atoms with Gasteiger partial charge in [-0.15, -0.1) is 11.8 Å². The van der Waals surface area contributed by atoms with Gasteiger partial charge in [0, 0.05) is 65.1 Å². The zero-order chi connectivity index (χ0) is 28.6. The summed E-state index contributed by atoms with van der Waals surface area (Å²) in [6, 6.07) is 6.22. The molecule has 0 spiro atoms. The molecule has 11 heteroatoms. The average Bonchev–Trinajstić information content (AvgIpc) is 3.20. The van der Waals surface area contributed by atoms with E-state index in [9.17, 15) is 18.4 Å². The number of amides is 1. The highest BCUT2D eigenvalue weighted by Gasteiger charge is 2.38. The number of pyridine rings is 2. The standard InChI is InChI=1S/C29H37F2N5O3S/c1-16-12-24(40-4)23(27(37)34-16)13-33-28(38)25-18(3)36(26-22(25)6-5-11-32-26)17(2)19-7-9-20(10-8-19)35-14-21(15-35)39-29(30)31/h5-6,11-12,17,19-21,29H,7-10,13-15H2,1-4H3,(H,33,38)(H,34,37)/t17-,19-,20+/m1/s1. The minimum atomic E-state index is -2.71. The van der Waals surface area contributed by atoms with Crippen LogP contribution in [0, 0.1) is 19.8 Å². The van der Waals surface area contributed by atoms with E-state index in [1.807, 2.05) is 38.3 Å². The number of H-pyrrole nitrogens is 1. The molecule has 0 bridgehead atoms. The van der Waals surface area contributed by atoms with Gasteiger partial charge in [-0.25, -0.2) is 4.98 Å². The predicted octanol–water partition coefficient (Wildman–Crippen LogP) is 5.04. The van der Waals surface area contributed by atoms with Crippen molar-refractivity contribution in [1.29, 1.82) is 0 Å². The summed E-state index contributed by atoms with van der Waals surface area (Å²) in [6.45, 7) is 4.58. The van der Waals surface area contributed by atoms with E-state index in [0.29, 0.717) is 36.2 Å². The van der Waals surface area contributed by atoms with Crippen LogP contribution in [-0.4, -0.2) is 63.4 Å². The molecule has 1 atom stereocenters. The number of nitrogens with one attached hydrogen (secondary N) is 2. The van der Waals surface area contributed by atoms with Crippen LogP contribution in [0.4, 0.5) is 8.78 Å². The molecule has 0 radical (unpaired) electrons. The number of nitrogens with zero attached hydrogens (tertiary/aromatic N) is 3. The van der Waals surface area contributed by atoms with Crippen molar-refractivity contribution in [3.05, 3.63) is 57.3 Å².